The first kappa shape index (κ1) is 24.8. The number of benzene rings is 3. The van der Waals surface area contributed by atoms with E-state index in [2.05, 4.69) is 6.08 Å². The number of aryl methyl sites for hydroxylation is 2. The fraction of sp³-hybridized carbons (Fsp3) is 0.290. The van der Waals surface area contributed by atoms with Gasteiger partial charge in [0.25, 0.3) is 0 Å². The fourth-order valence-electron chi connectivity index (χ4n) is 4.69. The van der Waals surface area contributed by atoms with Crippen LogP contribution < -0.4 is 4.74 Å². The molecule has 0 bridgehead atoms. The highest BCUT2D eigenvalue weighted by atomic mass is 19.2. The lowest BCUT2D eigenvalue weighted by Crippen LogP contribution is -2.06. The van der Waals surface area contributed by atoms with E-state index in [1.54, 1.807) is 24.3 Å². The van der Waals surface area contributed by atoms with Crippen LogP contribution in [0.15, 0.2) is 72.8 Å². The van der Waals surface area contributed by atoms with Crippen LogP contribution in [-0.2, 0) is 12.8 Å². The highest BCUT2D eigenvalue weighted by Gasteiger charge is 2.19. The molecular weight excluding hydrogens is 445 g/mol. The third-order valence-electron chi connectivity index (χ3n) is 6.62. The summed E-state index contributed by atoms with van der Waals surface area (Å²) in [6, 6.07) is 15.8. The molecule has 1 aliphatic carbocycles. The predicted molar refractivity (Wildman–Crippen MR) is 137 cm³/mol. The molecule has 4 heteroatoms. The second-order valence-electron chi connectivity index (χ2n) is 8.96. The minimum absolute atomic E-state index is 0.341. The van der Waals surface area contributed by atoms with Crippen molar-refractivity contribution in [3.63, 3.8) is 0 Å². The monoisotopic (exact) mass is 476 g/mol. The quantitative estimate of drug-likeness (QED) is 0.295. The van der Waals surface area contributed by atoms with Crippen molar-refractivity contribution in [2.24, 2.45) is 5.92 Å². The van der Waals surface area contributed by atoms with Crippen LogP contribution in [0.4, 0.5) is 13.2 Å². The first-order chi connectivity index (χ1) is 17.0. The topological polar surface area (TPSA) is 9.23 Å². The molecule has 0 amide bonds. The number of hydrogen-bond acceptors (Lipinski definition) is 1. The Balaban J connectivity index is 1.42. The van der Waals surface area contributed by atoms with Gasteiger partial charge >= 0.3 is 0 Å². The molecule has 0 saturated carbocycles. The summed E-state index contributed by atoms with van der Waals surface area (Å²) < 4.78 is 49.6. The Hall–Kier alpha value is -3.27. The van der Waals surface area contributed by atoms with Crippen molar-refractivity contribution in [3.8, 4) is 16.9 Å². The summed E-state index contributed by atoms with van der Waals surface area (Å²) in [4.78, 5) is 0. The summed E-state index contributed by atoms with van der Waals surface area (Å²) in [5, 5.41) is 0. The van der Waals surface area contributed by atoms with Crippen LogP contribution in [0, 0.1) is 23.4 Å². The summed E-state index contributed by atoms with van der Waals surface area (Å²) in [6.45, 7) is 4.34. The zero-order valence-corrected chi connectivity index (χ0v) is 20.3. The van der Waals surface area contributed by atoms with Gasteiger partial charge in [0, 0.05) is 17.2 Å². The standard InChI is InChI=1S/C31H31F3O/c1-3-5-21-6-13-24(14-7-21)28-18-16-25(30(33)31(28)34)15-10-22-8-11-23(12-9-22)27-19-17-26(35-4-2)20-29(27)32/h3,5,8-9,11-13,16-21H,4,6-7,10,14-15H2,1-2H3. The third-order valence-corrected chi connectivity index (χ3v) is 6.62. The van der Waals surface area contributed by atoms with E-state index in [4.69, 9.17) is 4.74 Å². The molecule has 0 N–H and O–H groups in total. The summed E-state index contributed by atoms with van der Waals surface area (Å²) in [7, 11) is 0. The van der Waals surface area contributed by atoms with Gasteiger partial charge in [0.1, 0.15) is 11.6 Å². The average Bonchev–Trinajstić information content (AvgIpc) is 2.87. The van der Waals surface area contributed by atoms with Gasteiger partial charge in [0.05, 0.1) is 6.61 Å². The minimum Gasteiger partial charge on any atom is -0.494 e. The number of allylic oxidation sites excluding steroid dienone is 4. The van der Waals surface area contributed by atoms with Gasteiger partial charge in [0.2, 0.25) is 0 Å². The second kappa shape index (κ2) is 11.4. The van der Waals surface area contributed by atoms with Crippen molar-refractivity contribution in [1.82, 2.24) is 0 Å². The Bertz CT molecular complexity index is 1220. The average molecular weight is 477 g/mol. The molecule has 1 unspecified atom stereocenters. The lowest BCUT2D eigenvalue weighted by Gasteiger charge is -2.20. The van der Waals surface area contributed by atoms with Crippen LogP contribution in [0.3, 0.4) is 0 Å². The van der Waals surface area contributed by atoms with Crippen LogP contribution in [0.5, 0.6) is 5.75 Å². The first-order valence-corrected chi connectivity index (χ1v) is 12.3. The van der Waals surface area contributed by atoms with Crippen LogP contribution in [0.1, 0.15) is 49.8 Å². The smallest absolute Gasteiger partial charge is 0.166 e. The van der Waals surface area contributed by atoms with Gasteiger partial charge in [-0.3, -0.25) is 0 Å². The second-order valence-corrected chi connectivity index (χ2v) is 8.96. The molecule has 0 fully saturated rings. The van der Waals surface area contributed by atoms with Gasteiger partial charge in [-0.15, -0.1) is 0 Å². The lowest BCUT2D eigenvalue weighted by atomic mass is 9.86. The van der Waals surface area contributed by atoms with Gasteiger partial charge in [-0.25, -0.2) is 13.2 Å². The van der Waals surface area contributed by atoms with Crippen molar-refractivity contribution in [1.29, 1.82) is 0 Å². The van der Waals surface area contributed by atoms with Crippen molar-refractivity contribution in [3.05, 3.63) is 107 Å². The zero-order chi connectivity index (χ0) is 24.8. The van der Waals surface area contributed by atoms with Gasteiger partial charge < -0.3 is 4.74 Å². The molecule has 182 valence electrons. The van der Waals surface area contributed by atoms with E-state index < -0.39 is 11.6 Å². The number of hydrogen-bond donors (Lipinski definition) is 0. The Kier molecular flexibility index (Phi) is 8.12. The van der Waals surface area contributed by atoms with E-state index in [0.717, 1.165) is 36.0 Å². The van der Waals surface area contributed by atoms with Crippen molar-refractivity contribution >= 4 is 5.57 Å². The Morgan fingerprint density at radius 3 is 2.34 bits per heavy atom. The Morgan fingerprint density at radius 2 is 1.69 bits per heavy atom. The maximum atomic E-state index is 14.9. The molecule has 0 radical (unpaired) electrons. The number of halogens is 3. The van der Waals surface area contributed by atoms with E-state index >= 15 is 0 Å². The van der Waals surface area contributed by atoms with Crippen molar-refractivity contribution in [2.45, 2.75) is 46.0 Å². The normalized spacial score (nSPS) is 15.9. The highest BCUT2D eigenvalue weighted by Crippen LogP contribution is 2.34. The molecule has 1 nitrogen and oxygen atoms in total. The van der Waals surface area contributed by atoms with E-state index in [9.17, 15) is 13.2 Å². The molecule has 3 aromatic carbocycles. The van der Waals surface area contributed by atoms with Crippen LogP contribution >= 0.6 is 0 Å². The first-order valence-electron chi connectivity index (χ1n) is 12.3. The van der Waals surface area contributed by atoms with Gasteiger partial charge in [-0.1, -0.05) is 54.6 Å². The molecule has 0 aromatic heterocycles. The molecule has 1 aliphatic rings. The number of rotatable bonds is 8. The fourth-order valence-corrected chi connectivity index (χ4v) is 4.69. The van der Waals surface area contributed by atoms with E-state index in [0.29, 0.717) is 47.8 Å². The lowest BCUT2D eigenvalue weighted by molar-refractivity contribution is 0.338. The summed E-state index contributed by atoms with van der Waals surface area (Å²) in [5.41, 5.74) is 3.88. The molecule has 0 saturated heterocycles. The molecule has 0 spiro atoms. The van der Waals surface area contributed by atoms with E-state index in [1.807, 2.05) is 50.3 Å². The molecular formula is C31H31F3O. The van der Waals surface area contributed by atoms with Crippen LogP contribution in [0.25, 0.3) is 16.7 Å². The summed E-state index contributed by atoms with van der Waals surface area (Å²) >= 11 is 0. The Labute approximate surface area is 206 Å². The predicted octanol–water partition coefficient (Wildman–Crippen LogP) is 8.71. The summed E-state index contributed by atoms with van der Waals surface area (Å²) in [5.74, 6) is -0.866. The van der Waals surface area contributed by atoms with Gasteiger partial charge in [-0.05, 0) is 86.3 Å². The van der Waals surface area contributed by atoms with Crippen LogP contribution in [-0.4, -0.2) is 6.61 Å². The van der Waals surface area contributed by atoms with E-state index in [1.165, 1.54) is 6.07 Å². The Morgan fingerprint density at radius 1 is 0.914 bits per heavy atom. The summed E-state index contributed by atoms with van der Waals surface area (Å²) in [6.07, 6.45) is 9.79. The number of ether oxygens (including phenoxy) is 1. The van der Waals surface area contributed by atoms with Gasteiger partial charge in [-0.2, -0.15) is 0 Å². The molecule has 35 heavy (non-hydrogen) atoms. The minimum atomic E-state index is -0.757. The SMILES string of the molecule is CC=CC1CC=C(c2ccc(CCc3ccc(-c4ccc(OCC)cc4F)cc3)c(F)c2F)CC1. The zero-order valence-electron chi connectivity index (χ0n) is 20.3. The van der Waals surface area contributed by atoms with Gasteiger partial charge in [0.15, 0.2) is 11.6 Å². The maximum Gasteiger partial charge on any atom is 0.166 e. The highest BCUT2D eigenvalue weighted by molar-refractivity contribution is 5.67. The van der Waals surface area contributed by atoms with Crippen molar-refractivity contribution in [2.75, 3.05) is 6.61 Å². The third kappa shape index (κ3) is 5.87. The molecule has 4 rings (SSSR count). The van der Waals surface area contributed by atoms with E-state index in [-0.39, 0.29) is 5.82 Å². The largest absolute Gasteiger partial charge is 0.494 e. The van der Waals surface area contributed by atoms with Crippen LogP contribution in [0.2, 0.25) is 0 Å². The molecule has 1 atom stereocenters. The maximum absolute atomic E-state index is 14.9. The molecule has 3 aromatic rings. The molecule has 0 heterocycles. The molecule has 0 aliphatic heterocycles. The van der Waals surface area contributed by atoms with Crippen molar-refractivity contribution < 1.29 is 17.9 Å².